The predicted octanol–water partition coefficient (Wildman–Crippen LogP) is 6.67. The van der Waals surface area contributed by atoms with E-state index >= 15 is 0 Å². The van der Waals surface area contributed by atoms with Crippen LogP contribution >= 0.6 is 0 Å². The molecule has 1 heterocycles. The first-order chi connectivity index (χ1) is 10.4. The maximum Gasteiger partial charge on any atom is 0.134 e. The topological polar surface area (TPSA) is 13.1 Å². The minimum absolute atomic E-state index is 0.907. The van der Waals surface area contributed by atoms with Crippen molar-refractivity contribution in [3.8, 4) is 22.6 Å². The second-order valence-corrected chi connectivity index (χ2v) is 3.90. The minimum atomic E-state index is 0.907. The standard InChI is InChI=1S/C16H12O.2C2H6/c1-3-7-13(8-4-1)15-11-12-16(17-15)14-9-5-2-6-10-14;2*1-2/h1-12H;2*1-2H3. The van der Waals surface area contributed by atoms with Crippen LogP contribution in [0.25, 0.3) is 22.6 Å². The lowest BCUT2D eigenvalue weighted by atomic mass is 10.2. The Morgan fingerprint density at radius 3 is 1.14 bits per heavy atom. The van der Waals surface area contributed by atoms with Crippen molar-refractivity contribution in [3.63, 3.8) is 0 Å². The van der Waals surface area contributed by atoms with Crippen molar-refractivity contribution in [2.24, 2.45) is 0 Å². The summed E-state index contributed by atoms with van der Waals surface area (Å²) in [5.74, 6) is 1.81. The first-order valence-electron chi connectivity index (χ1n) is 7.64. The third-order valence-electron chi connectivity index (χ3n) is 2.72. The molecule has 0 aliphatic rings. The number of hydrogen-bond donors (Lipinski definition) is 0. The van der Waals surface area contributed by atoms with Gasteiger partial charge in [0.25, 0.3) is 0 Å². The lowest BCUT2D eigenvalue weighted by Crippen LogP contribution is -1.72. The van der Waals surface area contributed by atoms with Gasteiger partial charge in [-0.3, -0.25) is 0 Å². The normalized spacial score (nSPS) is 8.95. The van der Waals surface area contributed by atoms with Gasteiger partial charge in [0, 0.05) is 11.1 Å². The predicted molar refractivity (Wildman–Crippen MR) is 92.3 cm³/mol. The quantitative estimate of drug-likeness (QED) is 0.511. The average Bonchev–Trinajstić information content (AvgIpc) is 3.10. The molecule has 1 aromatic heterocycles. The highest BCUT2D eigenvalue weighted by Gasteiger charge is 2.05. The molecule has 3 rings (SSSR count). The summed E-state index contributed by atoms with van der Waals surface area (Å²) in [5, 5.41) is 0. The lowest BCUT2D eigenvalue weighted by Gasteiger charge is -1.97. The molecule has 2 aromatic carbocycles. The molecule has 3 aromatic rings. The van der Waals surface area contributed by atoms with Crippen molar-refractivity contribution in [1.82, 2.24) is 0 Å². The molecule has 1 nitrogen and oxygen atoms in total. The molecule has 0 spiro atoms. The Bertz CT molecular complexity index is 540. The Kier molecular flexibility index (Phi) is 7.67. The van der Waals surface area contributed by atoms with Gasteiger partial charge in [-0.2, -0.15) is 0 Å². The molecular weight excluding hydrogens is 256 g/mol. The fraction of sp³-hybridized carbons (Fsp3) is 0.200. The molecule has 0 amide bonds. The monoisotopic (exact) mass is 280 g/mol. The van der Waals surface area contributed by atoms with E-state index in [9.17, 15) is 0 Å². The average molecular weight is 280 g/mol. The maximum absolute atomic E-state index is 5.86. The molecule has 0 saturated carbocycles. The van der Waals surface area contributed by atoms with Gasteiger partial charge in [-0.15, -0.1) is 0 Å². The summed E-state index contributed by atoms with van der Waals surface area (Å²) < 4.78 is 5.86. The van der Waals surface area contributed by atoms with E-state index < -0.39 is 0 Å². The third-order valence-corrected chi connectivity index (χ3v) is 2.72. The van der Waals surface area contributed by atoms with Crippen molar-refractivity contribution in [3.05, 3.63) is 72.8 Å². The smallest absolute Gasteiger partial charge is 0.134 e. The van der Waals surface area contributed by atoms with E-state index in [0.29, 0.717) is 0 Å². The zero-order valence-corrected chi connectivity index (χ0v) is 13.3. The largest absolute Gasteiger partial charge is 0.456 e. The Morgan fingerprint density at radius 1 is 0.476 bits per heavy atom. The Balaban J connectivity index is 0.000000510. The van der Waals surface area contributed by atoms with Crippen LogP contribution in [0, 0.1) is 0 Å². The minimum Gasteiger partial charge on any atom is -0.456 e. The van der Waals surface area contributed by atoms with E-state index in [0.717, 1.165) is 22.6 Å². The van der Waals surface area contributed by atoms with E-state index in [1.54, 1.807) is 0 Å². The molecule has 0 N–H and O–H groups in total. The molecule has 21 heavy (non-hydrogen) atoms. The number of benzene rings is 2. The molecule has 110 valence electrons. The molecule has 0 saturated heterocycles. The summed E-state index contributed by atoms with van der Waals surface area (Å²) in [5.41, 5.74) is 2.21. The van der Waals surface area contributed by atoms with Crippen molar-refractivity contribution in [2.75, 3.05) is 0 Å². The van der Waals surface area contributed by atoms with Crippen LogP contribution in [0.3, 0.4) is 0 Å². The molecular formula is C20H24O. The molecule has 0 aliphatic heterocycles. The SMILES string of the molecule is CC.CC.c1ccc(-c2ccc(-c3ccccc3)o2)cc1. The van der Waals surface area contributed by atoms with Gasteiger partial charge in [-0.05, 0) is 12.1 Å². The van der Waals surface area contributed by atoms with E-state index in [1.165, 1.54) is 0 Å². The van der Waals surface area contributed by atoms with Crippen LogP contribution in [0.4, 0.5) is 0 Å². The molecule has 0 fully saturated rings. The van der Waals surface area contributed by atoms with Crippen LogP contribution in [-0.4, -0.2) is 0 Å². The summed E-state index contributed by atoms with van der Waals surface area (Å²) in [4.78, 5) is 0. The second kappa shape index (κ2) is 9.60. The first-order valence-corrected chi connectivity index (χ1v) is 7.64. The van der Waals surface area contributed by atoms with Gasteiger partial charge in [0.1, 0.15) is 11.5 Å². The molecule has 0 atom stereocenters. The molecule has 0 unspecified atom stereocenters. The summed E-state index contributed by atoms with van der Waals surface area (Å²) in [6.45, 7) is 8.00. The van der Waals surface area contributed by atoms with E-state index in [2.05, 4.69) is 0 Å². The maximum atomic E-state index is 5.86. The number of furan rings is 1. The highest BCUT2D eigenvalue weighted by atomic mass is 16.3. The van der Waals surface area contributed by atoms with Crippen LogP contribution in [0.1, 0.15) is 27.7 Å². The second-order valence-electron chi connectivity index (χ2n) is 3.90. The summed E-state index contributed by atoms with van der Waals surface area (Å²) >= 11 is 0. The molecule has 1 heteroatoms. The van der Waals surface area contributed by atoms with Crippen molar-refractivity contribution >= 4 is 0 Å². The van der Waals surface area contributed by atoms with Gasteiger partial charge < -0.3 is 4.42 Å². The van der Waals surface area contributed by atoms with Gasteiger partial charge in [-0.1, -0.05) is 88.4 Å². The van der Waals surface area contributed by atoms with Crippen molar-refractivity contribution in [1.29, 1.82) is 0 Å². The van der Waals surface area contributed by atoms with Crippen LogP contribution in [0.5, 0.6) is 0 Å². The molecule has 0 aliphatic carbocycles. The van der Waals surface area contributed by atoms with Gasteiger partial charge in [0.2, 0.25) is 0 Å². The Hall–Kier alpha value is -2.28. The fourth-order valence-corrected chi connectivity index (χ4v) is 1.85. The van der Waals surface area contributed by atoms with Gasteiger partial charge >= 0.3 is 0 Å². The lowest BCUT2D eigenvalue weighted by molar-refractivity contribution is 0.597. The number of rotatable bonds is 2. The van der Waals surface area contributed by atoms with Gasteiger partial charge in [0.05, 0.1) is 0 Å². The number of hydrogen-bond acceptors (Lipinski definition) is 1. The van der Waals surface area contributed by atoms with E-state index in [4.69, 9.17) is 4.42 Å². The van der Waals surface area contributed by atoms with Gasteiger partial charge in [-0.25, -0.2) is 0 Å². The molecule has 0 radical (unpaired) electrons. The van der Waals surface area contributed by atoms with Crippen LogP contribution < -0.4 is 0 Å². The van der Waals surface area contributed by atoms with E-state index in [-0.39, 0.29) is 0 Å². The summed E-state index contributed by atoms with van der Waals surface area (Å²) in [6, 6.07) is 24.3. The highest BCUT2D eigenvalue weighted by molar-refractivity contribution is 5.64. The zero-order valence-electron chi connectivity index (χ0n) is 13.3. The highest BCUT2D eigenvalue weighted by Crippen LogP contribution is 2.27. The van der Waals surface area contributed by atoms with Crippen molar-refractivity contribution in [2.45, 2.75) is 27.7 Å². The Morgan fingerprint density at radius 2 is 0.810 bits per heavy atom. The zero-order chi connectivity index (χ0) is 15.5. The van der Waals surface area contributed by atoms with Crippen LogP contribution in [-0.2, 0) is 0 Å². The fourth-order valence-electron chi connectivity index (χ4n) is 1.85. The van der Waals surface area contributed by atoms with Gasteiger partial charge in [0.15, 0.2) is 0 Å². The Labute approximate surface area is 128 Å². The van der Waals surface area contributed by atoms with Crippen molar-refractivity contribution < 1.29 is 4.42 Å². The van der Waals surface area contributed by atoms with E-state index in [1.807, 2.05) is 100 Å². The van der Waals surface area contributed by atoms with Crippen LogP contribution in [0.2, 0.25) is 0 Å². The first kappa shape index (κ1) is 16.8. The molecule has 0 bridgehead atoms. The van der Waals surface area contributed by atoms with Crippen LogP contribution in [0.15, 0.2) is 77.2 Å². The summed E-state index contributed by atoms with van der Waals surface area (Å²) in [7, 11) is 0. The third kappa shape index (κ3) is 4.64. The summed E-state index contributed by atoms with van der Waals surface area (Å²) in [6.07, 6.45) is 0.